The van der Waals surface area contributed by atoms with Gasteiger partial charge in [-0.3, -0.25) is 14.5 Å². The van der Waals surface area contributed by atoms with E-state index in [0.717, 1.165) is 6.08 Å². The molecule has 0 aliphatic carbocycles. The third-order valence-electron chi connectivity index (χ3n) is 1.79. The maximum atomic E-state index is 12.6. The fraction of sp³-hybridized carbons (Fsp3) is 0.375. The molecule has 1 atom stereocenters. The second-order valence-electron chi connectivity index (χ2n) is 2.87. The van der Waals surface area contributed by atoms with Crippen LogP contribution in [0.25, 0.3) is 0 Å². The van der Waals surface area contributed by atoms with Crippen molar-refractivity contribution in [2.45, 2.75) is 13.1 Å². The Balaban J connectivity index is 2.69. The van der Waals surface area contributed by atoms with Crippen LogP contribution < -0.4 is 5.11 Å². The van der Waals surface area contributed by atoms with Gasteiger partial charge in [-0.05, 0) is 6.92 Å². The van der Waals surface area contributed by atoms with Gasteiger partial charge in [-0.15, -0.1) is 0 Å². The molecule has 0 N–H and O–H groups in total. The molecule has 0 radical (unpaired) electrons. The Bertz CT molecular complexity index is 336. The molecule has 5 nitrogen and oxygen atoms in total. The van der Waals surface area contributed by atoms with Crippen molar-refractivity contribution < 1.29 is 23.9 Å². The van der Waals surface area contributed by atoms with E-state index in [2.05, 4.69) is 0 Å². The lowest BCUT2D eigenvalue weighted by Gasteiger charge is -2.17. The highest BCUT2D eigenvalue weighted by Crippen LogP contribution is 2.12. The summed E-state index contributed by atoms with van der Waals surface area (Å²) < 4.78 is 12.6. The minimum atomic E-state index is -2.35. The summed E-state index contributed by atoms with van der Waals surface area (Å²) in [5.41, 5.74) is 0.167. The number of imide groups is 1. The van der Waals surface area contributed by atoms with Crippen molar-refractivity contribution in [1.29, 1.82) is 0 Å². The molecule has 1 rings (SSSR count). The normalized spacial score (nSPS) is 18.4. The molecule has 1 heterocycles. The zero-order chi connectivity index (χ0) is 10.9. The summed E-state index contributed by atoms with van der Waals surface area (Å²) in [7, 11) is 0. The van der Waals surface area contributed by atoms with Crippen molar-refractivity contribution in [2.75, 3.05) is 6.54 Å². The number of hydrogen-bond donors (Lipinski definition) is 0. The van der Waals surface area contributed by atoms with Gasteiger partial charge in [-0.1, -0.05) is 0 Å². The molecule has 76 valence electrons. The SMILES string of the molecule is CC1=CC(=O)N(CC(F)C(=O)[O-])C1=O. The molecule has 0 bridgehead atoms. The summed E-state index contributed by atoms with van der Waals surface area (Å²) in [5.74, 6) is -3.30. The van der Waals surface area contributed by atoms with E-state index < -0.39 is 30.5 Å². The highest BCUT2D eigenvalue weighted by molar-refractivity contribution is 6.16. The van der Waals surface area contributed by atoms with Crippen LogP contribution in [0.4, 0.5) is 4.39 Å². The van der Waals surface area contributed by atoms with Crippen LogP contribution in [0.2, 0.25) is 0 Å². The first-order valence-corrected chi connectivity index (χ1v) is 3.82. The number of amides is 2. The topological polar surface area (TPSA) is 77.5 Å². The van der Waals surface area contributed by atoms with Crippen molar-refractivity contribution in [2.24, 2.45) is 0 Å². The second kappa shape index (κ2) is 3.57. The van der Waals surface area contributed by atoms with Gasteiger partial charge in [-0.2, -0.15) is 0 Å². The monoisotopic (exact) mass is 200 g/mol. The summed E-state index contributed by atoms with van der Waals surface area (Å²) in [6.45, 7) is 0.598. The molecule has 1 aliphatic heterocycles. The van der Waals surface area contributed by atoms with Crippen molar-refractivity contribution in [3.8, 4) is 0 Å². The molecule has 0 saturated carbocycles. The van der Waals surface area contributed by atoms with Gasteiger partial charge < -0.3 is 9.90 Å². The average molecular weight is 200 g/mol. The Hall–Kier alpha value is -1.72. The summed E-state index contributed by atoms with van der Waals surface area (Å²) in [6, 6.07) is 0. The Morgan fingerprint density at radius 3 is 2.57 bits per heavy atom. The van der Waals surface area contributed by atoms with Crippen LogP contribution in [0, 0.1) is 0 Å². The van der Waals surface area contributed by atoms with Crippen LogP contribution >= 0.6 is 0 Å². The van der Waals surface area contributed by atoms with Gasteiger partial charge in [0.2, 0.25) is 0 Å². The Morgan fingerprint density at radius 2 is 2.21 bits per heavy atom. The molecule has 1 unspecified atom stereocenters. The van der Waals surface area contributed by atoms with Crippen LogP contribution in [-0.2, 0) is 14.4 Å². The number of hydrogen-bond acceptors (Lipinski definition) is 4. The lowest BCUT2D eigenvalue weighted by molar-refractivity contribution is -0.311. The number of nitrogens with zero attached hydrogens (tertiary/aromatic N) is 1. The minimum Gasteiger partial charge on any atom is -0.547 e. The third-order valence-corrected chi connectivity index (χ3v) is 1.79. The van der Waals surface area contributed by atoms with Gasteiger partial charge in [0.05, 0.1) is 12.5 Å². The van der Waals surface area contributed by atoms with E-state index in [9.17, 15) is 23.9 Å². The molecule has 0 aromatic rings. The molecule has 0 fully saturated rings. The van der Waals surface area contributed by atoms with Gasteiger partial charge in [-0.25, -0.2) is 4.39 Å². The minimum absolute atomic E-state index is 0.167. The molecule has 6 heteroatoms. The number of halogens is 1. The number of aliphatic carboxylic acids is 1. The standard InChI is InChI=1S/C8H8FNO4/c1-4-2-6(11)10(7(4)12)3-5(9)8(13)14/h2,5H,3H2,1H3,(H,13,14)/p-1. The first-order valence-electron chi connectivity index (χ1n) is 3.82. The number of carboxylic acids is 1. The predicted molar refractivity (Wildman–Crippen MR) is 40.4 cm³/mol. The molecule has 0 spiro atoms. The van der Waals surface area contributed by atoms with E-state index in [1.165, 1.54) is 6.92 Å². The maximum absolute atomic E-state index is 12.6. The fourth-order valence-corrected chi connectivity index (χ4v) is 1.05. The zero-order valence-corrected chi connectivity index (χ0v) is 7.32. The van der Waals surface area contributed by atoms with Crippen molar-refractivity contribution in [3.63, 3.8) is 0 Å². The quantitative estimate of drug-likeness (QED) is 0.513. The van der Waals surface area contributed by atoms with Crippen molar-refractivity contribution in [3.05, 3.63) is 11.6 Å². The second-order valence-corrected chi connectivity index (χ2v) is 2.87. The van der Waals surface area contributed by atoms with Gasteiger partial charge in [0.1, 0.15) is 0 Å². The molecule has 2 amide bonds. The van der Waals surface area contributed by atoms with Gasteiger partial charge >= 0.3 is 0 Å². The fourth-order valence-electron chi connectivity index (χ4n) is 1.05. The highest BCUT2D eigenvalue weighted by Gasteiger charge is 2.30. The molecular formula is C8H7FNO4-. The first-order chi connectivity index (χ1) is 6.43. The van der Waals surface area contributed by atoms with Gasteiger partial charge in [0, 0.05) is 11.6 Å². The molecule has 1 aliphatic rings. The first kappa shape index (κ1) is 10.4. The zero-order valence-electron chi connectivity index (χ0n) is 7.32. The number of carbonyl (C=O) groups is 3. The number of rotatable bonds is 3. The summed E-state index contributed by atoms with van der Waals surface area (Å²) in [6.07, 6.45) is -1.31. The molecule has 0 aromatic carbocycles. The predicted octanol–water partition coefficient (Wildman–Crippen LogP) is -1.61. The lowest BCUT2D eigenvalue weighted by atomic mass is 10.3. The summed E-state index contributed by atoms with van der Waals surface area (Å²) in [5, 5.41) is 10.0. The number of carboxylic acid groups (broad SMARTS) is 1. The van der Waals surface area contributed by atoms with Crippen LogP contribution in [-0.4, -0.2) is 35.4 Å². The smallest absolute Gasteiger partial charge is 0.256 e. The number of alkyl halides is 1. The van der Waals surface area contributed by atoms with Crippen LogP contribution in [0.3, 0.4) is 0 Å². The molecular weight excluding hydrogens is 193 g/mol. The molecule has 0 saturated heterocycles. The average Bonchev–Trinajstić information content (AvgIpc) is 2.32. The molecule has 14 heavy (non-hydrogen) atoms. The van der Waals surface area contributed by atoms with E-state index in [4.69, 9.17) is 0 Å². The third kappa shape index (κ3) is 1.78. The van der Waals surface area contributed by atoms with E-state index in [1.807, 2.05) is 0 Å². The Morgan fingerprint density at radius 1 is 1.64 bits per heavy atom. The Kier molecular flexibility index (Phi) is 2.64. The van der Waals surface area contributed by atoms with Crippen molar-refractivity contribution >= 4 is 17.8 Å². The maximum Gasteiger partial charge on any atom is 0.256 e. The van der Waals surface area contributed by atoms with Gasteiger partial charge in [0.25, 0.3) is 11.8 Å². The lowest BCUT2D eigenvalue weighted by Crippen LogP contribution is -2.43. The Labute approximate surface area is 78.8 Å². The van der Waals surface area contributed by atoms with E-state index in [-0.39, 0.29) is 5.57 Å². The number of carbonyl (C=O) groups excluding carboxylic acids is 3. The van der Waals surface area contributed by atoms with E-state index >= 15 is 0 Å². The van der Waals surface area contributed by atoms with Crippen LogP contribution in [0.1, 0.15) is 6.92 Å². The van der Waals surface area contributed by atoms with Crippen molar-refractivity contribution in [1.82, 2.24) is 4.90 Å². The summed E-state index contributed by atoms with van der Waals surface area (Å²) >= 11 is 0. The molecule has 0 aromatic heterocycles. The van der Waals surface area contributed by atoms with Crippen LogP contribution in [0.5, 0.6) is 0 Å². The van der Waals surface area contributed by atoms with E-state index in [1.54, 1.807) is 0 Å². The van der Waals surface area contributed by atoms with Gasteiger partial charge in [0.15, 0.2) is 6.17 Å². The highest BCUT2D eigenvalue weighted by atomic mass is 19.1. The summed E-state index contributed by atoms with van der Waals surface area (Å²) in [4.78, 5) is 32.7. The largest absolute Gasteiger partial charge is 0.547 e. The van der Waals surface area contributed by atoms with Crippen LogP contribution in [0.15, 0.2) is 11.6 Å². The van der Waals surface area contributed by atoms with E-state index in [0.29, 0.717) is 4.90 Å².